The second kappa shape index (κ2) is 10.0. The van der Waals surface area contributed by atoms with Crippen molar-refractivity contribution in [2.45, 2.75) is 17.9 Å². The number of para-hydroxylation sites is 2. The van der Waals surface area contributed by atoms with Crippen LogP contribution < -0.4 is 9.47 Å². The molecular formula is C23H23ClN4O4S. The number of aromatic nitrogens is 2. The molecule has 0 aliphatic carbocycles. The molecule has 10 heteroatoms. The normalized spacial score (nSPS) is 18.3. The summed E-state index contributed by atoms with van der Waals surface area (Å²) in [5.74, 6) is 2.00. The van der Waals surface area contributed by atoms with Crippen LogP contribution in [0, 0.1) is 0 Å². The van der Waals surface area contributed by atoms with Crippen LogP contribution in [0.2, 0.25) is 5.02 Å². The van der Waals surface area contributed by atoms with Crippen molar-refractivity contribution in [3.63, 3.8) is 0 Å². The summed E-state index contributed by atoms with van der Waals surface area (Å²) in [6.45, 7) is 4.23. The summed E-state index contributed by atoms with van der Waals surface area (Å²) in [6, 6.07) is 15.3. The van der Waals surface area contributed by atoms with Gasteiger partial charge in [-0.1, -0.05) is 47.6 Å². The predicted octanol–water partition coefficient (Wildman–Crippen LogP) is 3.67. The number of carbonyl (C=O) groups is 1. The fourth-order valence-corrected chi connectivity index (χ4v) is 4.57. The zero-order valence-corrected chi connectivity index (χ0v) is 19.4. The molecule has 8 nitrogen and oxygen atoms in total. The fraction of sp³-hybridized carbons (Fsp3) is 0.348. The first-order valence-corrected chi connectivity index (χ1v) is 12.1. The molecule has 2 aliphatic rings. The Morgan fingerprint density at radius 3 is 2.58 bits per heavy atom. The van der Waals surface area contributed by atoms with E-state index in [1.807, 2.05) is 53.4 Å². The van der Waals surface area contributed by atoms with Crippen molar-refractivity contribution in [2.24, 2.45) is 0 Å². The first-order valence-electron chi connectivity index (χ1n) is 10.7. The Kier molecular flexibility index (Phi) is 6.70. The van der Waals surface area contributed by atoms with Crippen LogP contribution in [0.15, 0.2) is 58.2 Å². The number of halogens is 1. The zero-order chi connectivity index (χ0) is 22.6. The number of piperazine rings is 1. The van der Waals surface area contributed by atoms with Gasteiger partial charge in [0.05, 0.1) is 5.75 Å². The molecule has 2 aliphatic heterocycles. The molecule has 1 unspecified atom stereocenters. The highest BCUT2D eigenvalue weighted by molar-refractivity contribution is 7.99. The SMILES string of the molecule is O=C(CSc1nnc(C2COc3ccccc3O2)o1)N1CCN(Cc2ccc(Cl)cc2)CC1. The van der Waals surface area contributed by atoms with Gasteiger partial charge in [0.1, 0.15) is 6.61 Å². The van der Waals surface area contributed by atoms with Gasteiger partial charge in [0.2, 0.25) is 12.0 Å². The maximum atomic E-state index is 12.7. The molecular weight excluding hydrogens is 464 g/mol. The van der Waals surface area contributed by atoms with Gasteiger partial charge in [0.15, 0.2) is 11.5 Å². The van der Waals surface area contributed by atoms with E-state index < -0.39 is 6.10 Å². The van der Waals surface area contributed by atoms with Gasteiger partial charge in [-0.05, 0) is 29.8 Å². The highest BCUT2D eigenvalue weighted by atomic mass is 35.5. The van der Waals surface area contributed by atoms with Crippen molar-refractivity contribution in [3.8, 4) is 11.5 Å². The molecule has 0 spiro atoms. The quantitative estimate of drug-likeness (QED) is 0.488. The van der Waals surface area contributed by atoms with Crippen molar-refractivity contribution < 1.29 is 18.7 Å². The van der Waals surface area contributed by atoms with E-state index in [1.54, 1.807) is 0 Å². The number of benzene rings is 2. The molecule has 1 atom stereocenters. The minimum Gasteiger partial charge on any atom is -0.485 e. The zero-order valence-electron chi connectivity index (χ0n) is 17.9. The van der Waals surface area contributed by atoms with Crippen LogP contribution in [0.3, 0.4) is 0 Å². The molecule has 1 amide bonds. The van der Waals surface area contributed by atoms with Crippen molar-refractivity contribution in [2.75, 3.05) is 38.5 Å². The van der Waals surface area contributed by atoms with E-state index in [0.29, 0.717) is 42.3 Å². The highest BCUT2D eigenvalue weighted by Gasteiger charge is 2.28. The molecule has 1 aromatic heterocycles. The number of thioether (sulfide) groups is 1. The van der Waals surface area contributed by atoms with E-state index >= 15 is 0 Å². The first kappa shape index (κ1) is 22.1. The molecule has 0 bridgehead atoms. The predicted molar refractivity (Wildman–Crippen MR) is 124 cm³/mol. The second-order valence-corrected chi connectivity index (χ2v) is 9.21. The third kappa shape index (κ3) is 5.43. The van der Waals surface area contributed by atoms with Crippen LogP contribution in [0.4, 0.5) is 0 Å². The number of hydrogen-bond donors (Lipinski definition) is 0. The minimum atomic E-state index is -0.467. The molecule has 0 N–H and O–H groups in total. The summed E-state index contributed by atoms with van der Waals surface area (Å²) in [6.07, 6.45) is -0.467. The minimum absolute atomic E-state index is 0.0667. The van der Waals surface area contributed by atoms with E-state index in [1.165, 1.54) is 17.3 Å². The standard InChI is InChI=1S/C23H23ClN4O4S/c24-17-7-5-16(6-8-17)13-27-9-11-28(12-10-27)21(29)15-33-23-26-25-22(32-23)20-14-30-18-3-1-2-4-19(18)31-20/h1-8,20H,9-15H2. The lowest BCUT2D eigenvalue weighted by atomic mass is 10.2. The molecule has 1 fully saturated rings. The number of hydrogen-bond acceptors (Lipinski definition) is 8. The molecule has 3 aromatic rings. The van der Waals surface area contributed by atoms with Gasteiger partial charge in [0.25, 0.3) is 11.1 Å². The number of carbonyl (C=O) groups excluding carboxylic acids is 1. The average molecular weight is 487 g/mol. The lowest BCUT2D eigenvalue weighted by Gasteiger charge is -2.34. The third-order valence-electron chi connectivity index (χ3n) is 5.57. The van der Waals surface area contributed by atoms with Crippen LogP contribution in [0.5, 0.6) is 11.5 Å². The van der Waals surface area contributed by atoms with Gasteiger partial charge < -0.3 is 18.8 Å². The Bertz CT molecular complexity index is 1100. The molecule has 5 rings (SSSR count). The van der Waals surface area contributed by atoms with E-state index in [2.05, 4.69) is 15.1 Å². The number of ether oxygens (including phenoxy) is 2. The number of amides is 1. The molecule has 2 aromatic carbocycles. The van der Waals surface area contributed by atoms with Gasteiger partial charge in [-0.25, -0.2) is 0 Å². The van der Waals surface area contributed by atoms with Crippen molar-refractivity contribution in [1.82, 2.24) is 20.0 Å². The van der Waals surface area contributed by atoms with E-state index in [0.717, 1.165) is 24.7 Å². The Balaban J connectivity index is 1.08. The van der Waals surface area contributed by atoms with E-state index in [9.17, 15) is 4.79 Å². The fourth-order valence-electron chi connectivity index (χ4n) is 3.77. The molecule has 172 valence electrons. The maximum absolute atomic E-state index is 12.7. The average Bonchev–Trinajstić information content (AvgIpc) is 3.33. The molecule has 0 saturated carbocycles. The van der Waals surface area contributed by atoms with Crippen LogP contribution >= 0.6 is 23.4 Å². The van der Waals surface area contributed by atoms with Crippen LogP contribution in [0.1, 0.15) is 17.6 Å². The Hall–Kier alpha value is -2.75. The number of fused-ring (bicyclic) bond motifs is 1. The maximum Gasteiger partial charge on any atom is 0.277 e. The van der Waals surface area contributed by atoms with Crippen LogP contribution in [-0.4, -0.2) is 64.4 Å². The summed E-state index contributed by atoms with van der Waals surface area (Å²) in [5.41, 5.74) is 1.22. The smallest absolute Gasteiger partial charge is 0.277 e. The second-order valence-electron chi connectivity index (χ2n) is 7.84. The highest BCUT2D eigenvalue weighted by Crippen LogP contribution is 2.36. The van der Waals surface area contributed by atoms with Gasteiger partial charge in [-0.3, -0.25) is 9.69 Å². The molecule has 3 heterocycles. The monoisotopic (exact) mass is 486 g/mol. The largest absolute Gasteiger partial charge is 0.485 e. The van der Waals surface area contributed by atoms with Crippen molar-refractivity contribution >= 4 is 29.3 Å². The van der Waals surface area contributed by atoms with Gasteiger partial charge in [0, 0.05) is 37.7 Å². The van der Waals surface area contributed by atoms with Gasteiger partial charge >= 0.3 is 0 Å². The molecule has 0 radical (unpaired) electrons. The Labute approximate surface area is 200 Å². The summed E-state index contributed by atoms with van der Waals surface area (Å²) in [4.78, 5) is 16.9. The summed E-state index contributed by atoms with van der Waals surface area (Å²) in [7, 11) is 0. The number of rotatable bonds is 6. The Morgan fingerprint density at radius 2 is 1.79 bits per heavy atom. The first-order chi connectivity index (χ1) is 16.1. The van der Waals surface area contributed by atoms with Gasteiger partial charge in [-0.2, -0.15) is 0 Å². The van der Waals surface area contributed by atoms with E-state index in [4.69, 9.17) is 25.5 Å². The summed E-state index contributed by atoms with van der Waals surface area (Å²) in [5, 5.41) is 9.22. The lowest BCUT2D eigenvalue weighted by molar-refractivity contribution is -0.130. The van der Waals surface area contributed by atoms with Crippen molar-refractivity contribution in [3.05, 3.63) is 65.0 Å². The van der Waals surface area contributed by atoms with Crippen LogP contribution in [0.25, 0.3) is 0 Å². The summed E-state index contributed by atoms with van der Waals surface area (Å²) < 4.78 is 17.3. The Morgan fingerprint density at radius 1 is 1.03 bits per heavy atom. The third-order valence-corrected chi connectivity index (χ3v) is 6.62. The van der Waals surface area contributed by atoms with Gasteiger partial charge in [-0.15, -0.1) is 10.2 Å². The van der Waals surface area contributed by atoms with Crippen LogP contribution in [-0.2, 0) is 11.3 Å². The molecule has 33 heavy (non-hydrogen) atoms. The topological polar surface area (TPSA) is 80.9 Å². The molecule has 1 saturated heterocycles. The lowest BCUT2D eigenvalue weighted by Crippen LogP contribution is -2.48. The number of nitrogens with zero attached hydrogens (tertiary/aromatic N) is 4. The van der Waals surface area contributed by atoms with E-state index in [-0.39, 0.29) is 11.7 Å². The summed E-state index contributed by atoms with van der Waals surface area (Å²) >= 11 is 7.20. The van der Waals surface area contributed by atoms with Crippen molar-refractivity contribution in [1.29, 1.82) is 0 Å².